The molecule has 33 heavy (non-hydrogen) atoms. The van der Waals surface area contributed by atoms with Gasteiger partial charge < -0.3 is 10.1 Å². The van der Waals surface area contributed by atoms with E-state index in [1.54, 1.807) is 18.2 Å². The Hall–Kier alpha value is -2.90. The van der Waals surface area contributed by atoms with Crippen molar-refractivity contribution in [2.75, 3.05) is 23.9 Å². The van der Waals surface area contributed by atoms with E-state index in [4.69, 9.17) is 16.3 Å². The van der Waals surface area contributed by atoms with Crippen LogP contribution >= 0.6 is 11.6 Å². The van der Waals surface area contributed by atoms with Crippen LogP contribution in [0.3, 0.4) is 0 Å². The number of amides is 3. The summed E-state index contributed by atoms with van der Waals surface area (Å²) in [5.41, 5.74) is 2.77. The number of nitrogens with one attached hydrogen (secondary N) is 1. The highest BCUT2D eigenvalue weighted by Gasteiger charge is 2.74. The van der Waals surface area contributed by atoms with E-state index < -0.39 is 17.4 Å². The number of anilines is 2. The van der Waals surface area contributed by atoms with Gasteiger partial charge in [0.25, 0.3) is 0 Å². The first-order chi connectivity index (χ1) is 15.8. The lowest BCUT2D eigenvalue weighted by Crippen LogP contribution is -2.54. The molecule has 1 N–H and O–H groups in total. The van der Waals surface area contributed by atoms with Crippen LogP contribution in [0.5, 0.6) is 5.75 Å². The number of rotatable bonds is 2. The smallest absolute Gasteiger partial charge is 0.250 e. The normalized spacial score (nSPS) is 30.1. The van der Waals surface area contributed by atoms with Crippen LogP contribution in [0.2, 0.25) is 5.02 Å². The Kier molecular flexibility index (Phi) is 4.27. The van der Waals surface area contributed by atoms with Gasteiger partial charge in [-0.05, 0) is 62.6 Å². The monoisotopic (exact) mass is 465 g/mol. The van der Waals surface area contributed by atoms with Crippen molar-refractivity contribution in [2.24, 2.45) is 11.8 Å². The lowest BCUT2D eigenvalue weighted by atomic mass is 9.75. The molecule has 3 fully saturated rings. The van der Waals surface area contributed by atoms with Crippen molar-refractivity contribution in [2.45, 2.75) is 38.3 Å². The fourth-order valence-corrected chi connectivity index (χ4v) is 6.76. The molecule has 8 heteroatoms. The maximum absolute atomic E-state index is 14.1. The lowest BCUT2D eigenvalue weighted by molar-refractivity contribution is -0.135. The molecule has 6 rings (SSSR count). The molecule has 3 amide bonds. The van der Waals surface area contributed by atoms with E-state index in [2.05, 4.69) is 10.2 Å². The van der Waals surface area contributed by atoms with Crippen LogP contribution < -0.4 is 15.0 Å². The molecule has 3 saturated heterocycles. The zero-order valence-electron chi connectivity index (χ0n) is 18.6. The summed E-state index contributed by atoms with van der Waals surface area (Å²) in [6.45, 7) is 4.66. The van der Waals surface area contributed by atoms with Gasteiger partial charge in [-0.25, -0.2) is 4.90 Å². The Morgan fingerprint density at radius 2 is 1.91 bits per heavy atom. The minimum Gasteiger partial charge on any atom is -0.495 e. The molecule has 4 aliphatic rings. The summed E-state index contributed by atoms with van der Waals surface area (Å²) in [5, 5.41) is 3.48. The summed E-state index contributed by atoms with van der Waals surface area (Å²) in [6.07, 6.45) is 1.65. The van der Waals surface area contributed by atoms with Gasteiger partial charge in [-0.3, -0.25) is 19.3 Å². The molecule has 0 bridgehead atoms. The molecule has 4 aliphatic heterocycles. The van der Waals surface area contributed by atoms with Gasteiger partial charge in [-0.15, -0.1) is 0 Å². The maximum Gasteiger partial charge on any atom is 0.250 e. The second-order valence-electron chi connectivity index (χ2n) is 9.39. The molecule has 2 aromatic carbocycles. The molecule has 2 aromatic rings. The summed E-state index contributed by atoms with van der Waals surface area (Å²) in [4.78, 5) is 45.0. The van der Waals surface area contributed by atoms with Gasteiger partial charge in [-0.1, -0.05) is 23.7 Å². The molecule has 0 aliphatic carbocycles. The lowest BCUT2D eigenvalue weighted by Gasteiger charge is -2.36. The molecule has 4 unspecified atom stereocenters. The van der Waals surface area contributed by atoms with Crippen molar-refractivity contribution < 1.29 is 19.1 Å². The first-order valence-electron chi connectivity index (χ1n) is 11.2. The molecular weight excluding hydrogens is 442 g/mol. The number of aryl methyl sites for hydroxylation is 1. The average Bonchev–Trinajstić information content (AvgIpc) is 3.49. The molecule has 0 saturated carbocycles. The van der Waals surface area contributed by atoms with E-state index >= 15 is 0 Å². The predicted octanol–water partition coefficient (Wildman–Crippen LogP) is 3.40. The Morgan fingerprint density at radius 3 is 2.67 bits per heavy atom. The number of hydrogen-bond donors (Lipinski definition) is 1. The van der Waals surface area contributed by atoms with Crippen LogP contribution in [0, 0.1) is 25.7 Å². The minimum absolute atomic E-state index is 0.167. The second-order valence-corrected chi connectivity index (χ2v) is 9.82. The summed E-state index contributed by atoms with van der Waals surface area (Å²) in [5.74, 6) is -1.89. The van der Waals surface area contributed by atoms with E-state index in [0.29, 0.717) is 23.0 Å². The Labute approximate surface area is 196 Å². The van der Waals surface area contributed by atoms with Gasteiger partial charge in [0.15, 0.2) is 0 Å². The van der Waals surface area contributed by atoms with E-state index in [1.807, 2.05) is 26.0 Å². The third-order valence-corrected chi connectivity index (χ3v) is 8.32. The third-order valence-electron chi connectivity index (χ3n) is 8.08. The zero-order chi connectivity index (χ0) is 23.2. The molecule has 0 aromatic heterocycles. The standard InChI is InChI=1S/C25H24ClN3O4/c1-12-6-8-15-21(13(12)2)27-24(32)25(15)20-19(16-5-4-10-28(16)25)22(30)29(23(20)31)17-11-14(26)7-9-18(17)33-3/h6-9,11,16,19-20H,4-5,10H2,1-3H3,(H,27,32). The summed E-state index contributed by atoms with van der Waals surface area (Å²) >= 11 is 6.22. The Balaban J connectivity index is 1.57. The van der Waals surface area contributed by atoms with Crippen molar-refractivity contribution >= 4 is 40.7 Å². The van der Waals surface area contributed by atoms with E-state index in [-0.39, 0.29) is 23.8 Å². The number of hydrogen-bond acceptors (Lipinski definition) is 5. The number of carbonyl (C=O) groups excluding carboxylic acids is 3. The van der Waals surface area contributed by atoms with Gasteiger partial charge in [0.05, 0.1) is 24.6 Å². The number of halogens is 1. The van der Waals surface area contributed by atoms with Crippen molar-refractivity contribution in [3.05, 3.63) is 52.0 Å². The highest BCUT2D eigenvalue weighted by atomic mass is 35.5. The number of benzene rings is 2. The van der Waals surface area contributed by atoms with Crippen molar-refractivity contribution in [1.29, 1.82) is 0 Å². The molecule has 170 valence electrons. The molecular formula is C25H24ClN3O4. The van der Waals surface area contributed by atoms with Crippen LogP contribution in [0.15, 0.2) is 30.3 Å². The quantitative estimate of drug-likeness (QED) is 0.688. The first-order valence-corrected chi connectivity index (χ1v) is 11.6. The largest absolute Gasteiger partial charge is 0.495 e. The fraction of sp³-hybridized carbons (Fsp3) is 0.400. The number of imide groups is 1. The number of carbonyl (C=O) groups is 3. The Morgan fingerprint density at radius 1 is 1.12 bits per heavy atom. The Bertz CT molecular complexity index is 1260. The first kappa shape index (κ1) is 20.7. The van der Waals surface area contributed by atoms with Crippen LogP contribution in [0.4, 0.5) is 11.4 Å². The number of fused-ring (bicyclic) bond motifs is 7. The van der Waals surface area contributed by atoms with Crippen molar-refractivity contribution in [3.63, 3.8) is 0 Å². The van der Waals surface area contributed by atoms with Crippen LogP contribution in [0.25, 0.3) is 0 Å². The minimum atomic E-state index is -1.19. The van der Waals surface area contributed by atoms with Crippen LogP contribution in [-0.2, 0) is 19.9 Å². The summed E-state index contributed by atoms with van der Waals surface area (Å²) in [6, 6.07) is 8.66. The average molecular weight is 466 g/mol. The second kappa shape index (κ2) is 6.81. The van der Waals surface area contributed by atoms with E-state index in [1.165, 1.54) is 12.0 Å². The van der Waals surface area contributed by atoms with Gasteiger partial charge >= 0.3 is 0 Å². The molecule has 4 atom stereocenters. The van der Waals surface area contributed by atoms with E-state index in [9.17, 15) is 14.4 Å². The molecule has 0 radical (unpaired) electrons. The fourth-order valence-electron chi connectivity index (χ4n) is 6.60. The van der Waals surface area contributed by atoms with Crippen molar-refractivity contribution in [1.82, 2.24) is 4.90 Å². The number of ether oxygens (including phenoxy) is 1. The van der Waals surface area contributed by atoms with Crippen LogP contribution in [0.1, 0.15) is 29.5 Å². The summed E-state index contributed by atoms with van der Waals surface area (Å²) in [7, 11) is 1.49. The maximum atomic E-state index is 14.1. The summed E-state index contributed by atoms with van der Waals surface area (Å²) < 4.78 is 5.45. The molecule has 1 spiro atoms. The van der Waals surface area contributed by atoms with Crippen LogP contribution in [-0.4, -0.2) is 42.3 Å². The number of nitrogens with zero attached hydrogens (tertiary/aromatic N) is 2. The molecule has 7 nitrogen and oxygen atoms in total. The molecule has 4 heterocycles. The van der Waals surface area contributed by atoms with Gasteiger partial charge in [0.2, 0.25) is 17.7 Å². The topological polar surface area (TPSA) is 79.0 Å². The van der Waals surface area contributed by atoms with E-state index in [0.717, 1.165) is 35.2 Å². The van der Waals surface area contributed by atoms with Gasteiger partial charge in [0.1, 0.15) is 11.3 Å². The zero-order valence-corrected chi connectivity index (χ0v) is 19.4. The van der Waals surface area contributed by atoms with Gasteiger partial charge in [0, 0.05) is 22.3 Å². The highest BCUT2D eigenvalue weighted by Crippen LogP contribution is 2.61. The third kappa shape index (κ3) is 2.36. The van der Waals surface area contributed by atoms with Gasteiger partial charge in [-0.2, -0.15) is 0 Å². The highest BCUT2D eigenvalue weighted by molar-refractivity contribution is 6.32. The SMILES string of the molecule is COc1ccc(Cl)cc1N1C(=O)C2C3CCCN3C3(C(=O)Nc4c3ccc(C)c4C)C2C1=O. The van der Waals surface area contributed by atoms with Crippen molar-refractivity contribution in [3.8, 4) is 5.75 Å². The predicted molar refractivity (Wildman–Crippen MR) is 123 cm³/mol. The number of methoxy groups -OCH3 is 1.